The number of anilines is 1. The van der Waals surface area contributed by atoms with E-state index in [9.17, 15) is 4.79 Å². The number of carbonyl (C=O) groups excluding carboxylic acids is 1. The van der Waals surface area contributed by atoms with Crippen LogP contribution in [0.3, 0.4) is 0 Å². The molecule has 0 atom stereocenters. The minimum Gasteiger partial charge on any atom is -0.461 e. The van der Waals surface area contributed by atoms with Crippen molar-refractivity contribution in [1.82, 2.24) is 4.98 Å². The van der Waals surface area contributed by atoms with Gasteiger partial charge in [0.2, 0.25) is 0 Å². The summed E-state index contributed by atoms with van der Waals surface area (Å²) in [6.07, 6.45) is 1.28. The van der Waals surface area contributed by atoms with Crippen LogP contribution in [0.15, 0.2) is 45.1 Å². The number of esters is 1. The third-order valence-electron chi connectivity index (χ3n) is 2.08. The number of nitrogens with zero attached hydrogens (tertiary/aromatic N) is 1. The van der Waals surface area contributed by atoms with Crippen molar-refractivity contribution >= 4 is 23.4 Å². The number of rotatable bonds is 4. The van der Waals surface area contributed by atoms with Crippen LogP contribution in [-0.2, 0) is 4.74 Å². The molecule has 0 radical (unpaired) electrons. The van der Waals surface area contributed by atoms with Crippen molar-refractivity contribution in [2.45, 2.75) is 17.0 Å². The molecule has 1 aromatic heterocycles. The van der Waals surface area contributed by atoms with Gasteiger partial charge in [-0.2, -0.15) is 4.98 Å². The van der Waals surface area contributed by atoms with E-state index in [0.717, 1.165) is 4.90 Å². The maximum atomic E-state index is 11.4. The minimum absolute atomic E-state index is 0.161. The summed E-state index contributed by atoms with van der Waals surface area (Å²) >= 11 is 1.26. The van der Waals surface area contributed by atoms with E-state index in [4.69, 9.17) is 14.9 Å². The topological polar surface area (TPSA) is 78.3 Å². The largest absolute Gasteiger partial charge is 0.461 e. The van der Waals surface area contributed by atoms with E-state index in [1.807, 2.05) is 18.2 Å². The van der Waals surface area contributed by atoms with Crippen LogP contribution in [0.5, 0.6) is 0 Å². The maximum Gasteiger partial charge on any atom is 0.360 e. The lowest BCUT2D eigenvalue weighted by Gasteiger charge is -2.00. The summed E-state index contributed by atoms with van der Waals surface area (Å²) in [5.74, 6) is -0.492. The third kappa shape index (κ3) is 2.84. The van der Waals surface area contributed by atoms with E-state index in [2.05, 4.69) is 4.98 Å². The molecule has 0 fully saturated rings. The van der Waals surface area contributed by atoms with Crippen LogP contribution in [-0.4, -0.2) is 17.6 Å². The highest BCUT2D eigenvalue weighted by molar-refractivity contribution is 7.99. The summed E-state index contributed by atoms with van der Waals surface area (Å²) in [6, 6.07) is 7.36. The first-order chi connectivity index (χ1) is 8.70. The molecule has 0 amide bonds. The fourth-order valence-electron chi connectivity index (χ4n) is 1.27. The van der Waals surface area contributed by atoms with Crippen LogP contribution >= 0.6 is 11.8 Å². The van der Waals surface area contributed by atoms with Gasteiger partial charge in [-0.1, -0.05) is 12.1 Å². The molecular weight excluding hydrogens is 252 g/mol. The lowest BCUT2D eigenvalue weighted by Crippen LogP contribution is -2.04. The molecule has 1 heterocycles. The summed E-state index contributed by atoms with van der Waals surface area (Å²) in [7, 11) is 0. The number of hydrogen-bond acceptors (Lipinski definition) is 6. The van der Waals surface area contributed by atoms with Gasteiger partial charge in [-0.25, -0.2) is 4.79 Å². The second-order valence-electron chi connectivity index (χ2n) is 3.36. The summed E-state index contributed by atoms with van der Waals surface area (Å²) in [4.78, 5) is 16.3. The van der Waals surface area contributed by atoms with E-state index in [1.54, 1.807) is 13.0 Å². The standard InChI is InChI=1S/C12H12N2O3S/c1-2-16-11(15)9-7-17-12(14-9)18-10-6-4-3-5-8(10)13/h3-7H,2,13H2,1H3. The highest BCUT2D eigenvalue weighted by Crippen LogP contribution is 2.31. The van der Waals surface area contributed by atoms with E-state index in [1.165, 1.54) is 18.0 Å². The Labute approximate surface area is 108 Å². The van der Waals surface area contributed by atoms with E-state index in [0.29, 0.717) is 17.5 Å². The summed E-state index contributed by atoms with van der Waals surface area (Å²) < 4.78 is 10.0. The van der Waals surface area contributed by atoms with Gasteiger partial charge in [-0.3, -0.25) is 0 Å². The van der Waals surface area contributed by atoms with Crippen molar-refractivity contribution < 1.29 is 13.9 Å². The molecule has 0 aliphatic heterocycles. The number of benzene rings is 1. The van der Waals surface area contributed by atoms with Crippen LogP contribution in [0.1, 0.15) is 17.4 Å². The van der Waals surface area contributed by atoms with Gasteiger partial charge in [0.15, 0.2) is 5.69 Å². The number of nitrogen functional groups attached to an aromatic ring is 1. The Hall–Kier alpha value is -1.95. The van der Waals surface area contributed by atoms with Crippen molar-refractivity contribution in [3.63, 3.8) is 0 Å². The van der Waals surface area contributed by atoms with Crippen molar-refractivity contribution in [2.75, 3.05) is 12.3 Å². The van der Waals surface area contributed by atoms with Gasteiger partial charge in [0.05, 0.1) is 6.61 Å². The number of hydrogen-bond donors (Lipinski definition) is 1. The van der Waals surface area contributed by atoms with Gasteiger partial charge in [-0.05, 0) is 30.8 Å². The predicted molar refractivity (Wildman–Crippen MR) is 67.4 cm³/mol. The maximum absolute atomic E-state index is 11.4. The fourth-order valence-corrected chi connectivity index (χ4v) is 2.03. The number of carbonyl (C=O) groups is 1. The molecule has 5 nitrogen and oxygen atoms in total. The van der Waals surface area contributed by atoms with E-state index in [-0.39, 0.29) is 5.69 Å². The molecule has 0 saturated carbocycles. The average Bonchev–Trinajstić information content (AvgIpc) is 2.81. The number of ether oxygens (including phenoxy) is 1. The quantitative estimate of drug-likeness (QED) is 0.675. The summed E-state index contributed by atoms with van der Waals surface area (Å²) in [5.41, 5.74) is 6.60. The smallest absolute Gasteiger partial charge is 0.360 e. The normalized spacial score (nSPS) is 10.3. The highest BCUT2D eigenvalue weighted by atomic mass is 32.2. The number of oxazole rings is 1. The number of nitrogens with two attached hydrogens (primary N) is 1. The molecule has 0 aliphatic carbocycles. The molecule has 6 heteroatoms. The average molecular weight is 264 g/mol. The van der Waals surface area contributed by atoms with Gasteiger partial charge in [0.1, 0.15) is 6.26 Å². The van der Waals surface area contributed by atoms with Gasteiger partial charge in [0.25, 0.3) is 5.22 Å². The van der Waals surface area contributed by atoms with Gasteiger partial charge < -0.3 is 14.9 Å². The Bertz CT molecular complexity index is 554. The van der Waals surface area contributed by atoms with Gasteiger partial charge in [0, 0.05) is 10.6 Å². The second-order valence-corrected chi connectivity index (χ2v) is 4.35. The molecule has 0 bridgehead atoms. The van der Waals surface area contributed by atoms with Crippen LogP contribution in [0.25, 0.3) is 0 Å². The monoisotopic (exact) mass is 264 g/mol. The zero-order chi connectivity index (χ0) is 13.0. The lowest BCUT2D eigenvalue weighted by atomic mass is 10.3. The third-order valence-corrected chi connectivity index (χ3v) is 3.04. The van der Waals surface area contributed by atoms with E-state index >= 15 is 0 Å². The van der Waals surface area contributed by atoms with Crippen LogP contribution < -0.4 is 5.73 Å². The van der Waals surface area contributed by atoms with Crippen LogP contribution in [0, 0.1) is 0 Å². The molecule has 0 saturated heterocycles. The lowest BCUT2D eigenvalue weighted by molar-refractivity contribution is 0.0519. The van der Waals surface area contributed by atoms with Crippen molar-refractivity contribution in [1.29, 1.82) is 0 Å². The summed E-state index contributed by atoms with van der Waals surface area (Å²) in [5, 5.41) is 0.357. The molecule has 0 unspecified atom stereocenters. The predicted octanol–water partition coefficient (Wildman–Crippen LogP) is 2.58. The van der Waals surface area contributed by atoms with E-state index < -0.39 is 5.97 Å². The molecule has 2 N–H and O–H groups in total. The van der Waals surface area contributed by atoms with Crippen LogP contribution in [0.4, 0.5) is 5.69 Å². The second kappa shape index (κ2) is 5.59. The van der Waals surface area contributed by atoms with Crippen LogP contribution in [0.2, 0.25) is 0 Å². The molecule has 2 rings (SSSR count). The molecule has 18 heavy (non-hydrogen) atoms. The molecular formula is C12H12N2O3S. The van der Waals surface area contributed by atoms with Crippen molar-refractivity contribution in [3.05, 3.63) is 36.2 Å². The Morgan fingerprint density at radius 2 is 2.28 bits per heavy atom. The first kappa shape index (κ1) is 12.5. The zero-order valence-corrected chi connectivity index (χ0v) is 10.6. The van der Waals surface area contributed by atoms with Crippen molar-refractivity contribution in [3.8, 4) is 0 Å². The molecule has 2 aromatic rings. The zero-order valence-electron chi connectivity index (χ0n) is 9.75. The first-order valence-electron chi connectivity index (χ1n) is 5.35. The summed E-state index contributed by atoms with van der Waals surface area (Å²) in [6.45, 7) is 2.04. The fraction of sp³-hybridized carbons (Fsp3) is 0.167. The molecule has 94 valence electrons. The Morgan fingerprint density at radius 3 is 3.00 bits per heavy atom. The van der Waals surface area contributed by atoms with Gasteiger partial charge in [-0.15, -0.1) is 0 Å². The molecule has 0 aliphatic rings. The van der Waals surface area contributed by atoms with Crippen molar-refractivity contribution in [2.24, 2.45) is 0 Å². The highest BCUT2D eigenvalue weighted by Gasteiger charge is 2.14. The molecule has 1 aromatic carbocycles. The number of aromatic nitrogens is 1. The van der Waals surface area contributed by atoms with Gasteiger partial charge >= 0.3 is 5.97 Å². The Morgan fingerprint density at radius 1 is 1.50 bits per heavy atom. The number of para-hydroxylation sites is 1. The Kier molecular flexibility index (Phi) is 3.88. The first-order valence-corrected chi connectivity index (χ1v) is 6.17. The Balaban J connectivity index is 2.12. The SMILES string of the molecule is CCOC(=O)c1coc(Sc2ccccc2N)n1. The molecule has 0 spiro atoms. The minimum atomic E-state index is -0.492.